The molecule has 6 nitrogen and oxygen atoms in total. The van der Waals surface area contributed by atoms with Gasteiger partial charge in [-0.25, -0.2) is 8.42 Å². The summed E-state index contributed by atoms with van der Waals surface area (Å²) < 4.78 is 24.3. The minimum Gasteiger partial charge on any atom is -0.349 e. The number of rotatable bonds is 7. The van der Waals surface area contributed by atoms with Crippen LogP contribution in [0.4, 0.5) is 0 Å². The van der Waals surface area contributed by atoms with Crippen molar-refractivity contribution >= 4 is 21.7 Å². The van der Waals surface area contributed by atoms with Crippen LogP contribution in [-0.2, 0) is 21.1 Å². The molecule has 172 valence electrons. The molecule has 1 aliphatic heterocycles. The van der Waals surface area contributed by atoms with E-state index < -0.39 is 9.84 Å². The number of nitrogens with one attached hydrogen (secondary N) is 1. The molecule has 3 rings (SSSR count). The highest BCUT2D eigenvalue weighted by molar-refractivity contribution is 7.91. The maximum Gasteiger partial charge on any atom is 0.251 e. The van der Waals surface area contributed by atoms with Crippen molar-refractivity contribution in [3.05, 3.63) is 35.4 Å². The van der Waals surface area contributed by atoms with Crippen molar-refractivity contribution in [2.24, 2.45) is 5.92 Å². The molecule has 1 N–H and O–H groups in total. The lowest BCUT2D eigenvalue weighted by molar-refractivity contribution is -0.131. The molecule has 1 heterocycles. The second-order valence-electron chi connectivity index (χ2n) is 9.38. The van der Waals surface area contributed by atoms with Crippen LogP contribution in [0.15, 0.2) is 24.3 Å². The van der Waals surface area contributed by atoms with Crippen molar-refractivity contribution in [2.75, 3.05) is 18.8 Å². The minimum atomic E-state index is -3.04. The Bertz CT molecular complexity index is 850. The third-order valence-electron chi connectivity index (χ3n) is 6.67. The summed E-state index contributed by atoms with van der Waals surface area (Å²) in [6.07, 6.45) is 7.49. The predicted molar refractivity (Wildman–Crippen MR) is 123 cm³/mol. The van der Waals surface area contributed by atoms with Crippen molar-refractivity contribution in [1.29, 1.82) is 0 Å². The first kappa shape index (κ1) is 23.8. The highest BCUT2D eigenvalue weighted by atomic mass is 32.2. The molecule has 0 spiro atoms. The van der Waals surface area contributed by atoms with Gasteiger partial charge in [0.2, 0.25) is 5.91 Å². The van der Waals surface area contributed by atoms with Gasteiger partial charge in [-0.05, 0) is 63.1 Å². The van der Waals surface area contributed by atoms with Crippen molar-refractivity contribution in [3.8, 4) is 0 Å². The Balaban J connectivity index is 1.46. The predicted octanol–water partition coefficient (Wildman–Crippen LogP) is 3.35. The lowest BCUT2D eigenvalue weighted by Crippen LogP contribution is -2.41. The zero-order valence-electron chi connectivity index (χ0n) is 18.8. The lowest BCUT2D eigenvalue weighted by Gasteiger charge is -2.32. The van der Waals surface area contributed by atoms with Crippen molar-refractivity contribution < 1.29 is 18.0 Å². The smallest absolute Gasteiger partial charge is 0.251 e. The second kappa shape index (κ2) is 10.6. The Kier molecular flexibility index (Phi) is 8.14. The molecule has 0 bridgehead atoms. The van der Waals surface area contributed by atoms with E-state index in [1.54, 1.807) is 26.0 Å². The Morgan fingerprint density at radius 1 is 1.00 bits per heavy atom. The van der Waals surface area contributed by atoms with Gasteiger partial charge < -0.3 is 10.2 Å². The number of hydrogen-bond acceptors (Lipinski definition) is 4. The largest absolute Gasteiger partial charge is 0.349 e. The SMILES string of the molecule is CC(C)S(=O)(=O)CC1CCN(C(=O)Cc2ccc(C(=O)NC3CCCCC3)cc2)CC1. The Morgan fingerprint density at radius 2 is 1.61 bits per heavy atom. The van der Waals surface area contributed by atoms with Crippen LogP contribution in [0.25, 0.3) is 0 Å². The molecule has 7 heteroatoms. The molecule has 0 unspecified atom stereocenters. The first-order valence-electron chi connectivity index (χ1n) is 11.6. The number of carbonyl (C=O) groups excluding carboxylic acids is 2. The minimum absolute atomic E-state index is 0.0387. The highest BCUT2D eigenvalue weighted by Gasteiger charge is 2.28. The zero-order valence-corrected chi connectivity index (χ0v) is 19.6. The van der Waals surface area contributed by atoms with E-state index in [0.717, 1.165) is 31.2 Å². The summed E-state index contributed by atoms with van der Waals surface area (Å²) in [6.45, 7) is 4.66. The Hall–Kier alpha value is -1.89. The third-order valence-corrected chi connectivity index (χ3v) is 9.04. The normalized spacial score (nSPS) is 18.9. The molecular weight excluding hydrogens is 412 g/mol. The van der Waals surface area contributed by atoms with E-state index in [1.165, 1.54) is 19.3 Å². The fourth-order valence-electron chi connectivity index (χ4n) is 4.45. The van der Waals surface area contributed by atoms with E-state index in [0.29, 0.717) is 25.1 Å². The average Bonchev–Trinajstić information content (AvgIpc) is 2.75. The molecule has 1 aromatic carbocycles. The summed E-state index contributed by atoms with van der Waals surface area (Å²) in [5.74, 6) is 0.378. The van der Waals surface area contributed by atoms with Gasteiger partial charge in [0.15, 0.2) is 9.84 Å². The van der Waals surface area contributed by atoms with Gasteiger partial charge in [0.25, 0.3) is 5.91 Å². The summed E-state index contributed by atoms with van der Waals surface area (Å²) in [6, 6.07) is 7.58. The number of piperidine rings is 1. The Morgan fingerprint density at radius 3 is 2.19 bits per heavy atom. The molecule has 2 fully saturated rings. The van der Waals surface area contributed by atoms with Gasteiger partial charge in [-0.3, -0.25) is 9.59 Å². The van der Waals surface area contributed by atoms with Gasteiger partial charge in [0, 0.05) is 24.7 Å². The number of likely N-dealkylation sites (tertiary alicyclic amines) is 1. The molecule has 0 aromatic heterocycles. The summed E-state index contributed by atoms with van der Waals surface area (Å²) in [5.41, 5.74) is 1.53. The van der Waals surface area contributed by atoms with Crippen molar-refractivity contribution in [3.63, 3.8) is 0 Å². The fourth-order valence-corrected chi connectivity index (χ4v) is 5.82. The molecule has 1 aromatic rings. The van der Waals surface area contributed by atoms with Gasteiger partial charge in [-0.2, -0.15) is 0 Å². The average molecular weight is 449 g/mol. The molecular formula is C24H36N2O4S. The van der Waals surface area contributed by atoms with Gasteiger partial charge in [-0.1, -0.05) is 31.4 Å². The van der Waals surface area contributed by atoms with Crippen LogP contribution in [0.2, 0.25) is 0 Å². The van der Waals surface area contributed by atoms with E-state index in [9.17, 15) is 18.0 Å². The first-order valence-corrected chi connectivity index (χ1v) is 13.4. The first-order chi connectivity index (χ1) is 14.7. The number of hydrogen-bond donors (Lipinski definition) is 1. The van der Waals surface area contributed by atoms with Crippen LogP contribution >= 0.6 is 0 Å². The molecule has 31 heavy (non-hydrogen) atoms. The molecule has 1 saturated carbocycles. The highest BCUT2D eigenvalue weighted by Crippen LogP contribution is 2.22. The van der Waals surface area contributed by atoms with Crippen LogP contribution in [0.3, 0.4) is 0 Å². The summed E-state index contributed by atoms with van der Waals surface area (Å²) in [7, 11) is -3.04. The molecule has 0 atom stereocenters. The third kappa shape index (κ3) is 6.79. The summed E-state index contributed by atoms with van der Waals surface area (Å²) in [5, 5.41) is 2.77. The maximum atomic E-state index is 12.7. The number of amides is 2. The molecule has 0 radical (unpaired) electrons. The molecule has 1 saturated heterocycles. The fraction of sp³-hybridized carbons (Fsp3) is 0.667. The topological polar surface area (TPSA) is 83.6 Å². The van der Waals surface area contributed by atoms with Crippen LogP contribution < -0.4 is 5.32 Å². The maximum absolute atomic E-state index is 12.7. The molecule has 2 amide bonds. The van der Waals surface area contributed by atoms with E-state index in [1.807, 2.05) is 17.0 Å². The van der Waals surface area contributed by atoms with E-state index >= 15 is 0 Å². The standard InChI is InChI=1S/C24H36N2O4S/c1-18(2)31(29,30)17-20-12-14-26(15-13-20)23(27)16-19-8-10-21(11-9-19)24(28)25-22-6-4-3-5-7-22/h8-11,18,20,22H,3-7,12-17H2,1-2H3,(H,25,28). The van der Waals surface area contributed by atoms with E-state index in [4.69, 9.17) is 0 Å². The number of sulfone groups is 1. The molecule has 2 aliphatic rings. The van der Waals surface area contributed by atoms with Gasteiger partial charge in [-0.15, -0.1) is 0 Å². The van der Waals surface area contributed by atoms with E-state index in [-0.39, 0.29) is 34.8 Å². The lowest BCUT2D eigenvalue weighted by atomic mass is 9.95. The van der Waals surface area contributed by atoms with Crippen LogP contribution in [0.1, 0.15) is 74.7 Å². The number of benzene rings is 1. The zero-order chi connectivity index (χ0) is 22.4. The van der Waals surface area contributed by atoms with Crippen LogP contribution in [-0.4, -0.2) is 55.3 Å². The van der Waals surface area contributed by atoms with Crippen molar-refractivity contribution in [2.45, 2.75) is 76.5 Å². The van der Waals surface area contributed by atoms with Crippen LogP contribution in [0.5, 0.6) is 0 Å². The van der Waals surface area contributed by atoms with Gasteiger partial charge >= 0.3 is 0 Å². The second-order valence-corrected chi connectivity index (χ2v) is 12.0. The number of nitrogens with zero attached hydrogens (tertiary/aromatic N) is 1. The monoisotopic (exact) mass is 448 g/mol. The Labute approximate surface area is 186 Å². The summed E-state index contributed by atoms with van der Waals surface area (Å²) in [4.78, 5) is 26.9. The van der Waals surface area contributed by atoms with E-state index in [2.05, 4.69) is 5.32 Å². The quantitative estimate of drug-likeness (QED) is 0.693. The van der Waals surface area contributed by atoms with Gasteiger partial charge in [0.05, 0.1) is 17.4 Å². The molecule has 1 aliphatic carbocycles. The van der Waals surface area contributed by atoms with Crippen LogP contribution in [0, 0.1) is 5.92 Å². The number of carbonyl (C=O) groups is 2. The summed E-state index contributed by atoms with van der Waals surface area (Å²) >= 11 is 0. The van der Waals surface area contributed by atoms with Gasteiger partial charge in [0.1, 0.15) is 0 Å². The van der Waals surface area contributed by atoms with Crippen molar-refractivity contribution in [1.82, 2.24) is 10.2 Å².